The molecule has 0 atom stereocenters. The van der Waals surface area contributed by atoms with Gasteiger partial charge in [-0.25, -0.2) is 8.42 Å². The Kier molecular flexibility index (Phi) is 3.69. The normalized spacial score (nSPS) is 12.6. The third kappa shape index (κ3) is 3.36. The first-order valence-electron chi connectivity index (χ1n) is 5.21. The van der Waals surface area contributed by atoms with E-state index in [0.29, 0.717) is 4.88 Å². The van der Waals surface area contributed by atoms with E-state index in [-0.39, 0.29) is 10.6 Å². The third-order valence-electron chi connectivity index (χ3n) is 2.45. The zero-order chi connectivity index (χ0) is 14.1. The van der Waals surface area contributed by atoms with Gasteiger partial charge in [-0.1, -0.05) is 6.07 Å². The van der Waals surface area contributed by atoms with Gasteiger partial charge in [0.15, 0.2) is 9.84 Å². The Balaban J connectivity index is 2.27. The van der Waals surface area contributed by atoms with Gasteiger partial charge in [-0.15, -0.1) is 11.3 Å². The van der Waals surface area contributed by atoms with E-state index in [1.54, 1.807) is 17.5 Å². The quantitative estimate of drug-likeness (QED) is 0.865. The molecule has 2 aromatic rings. The maximum Gasteiger partial charge on any atom is 0.416 e. The molecule has 2 rings (SSSR count). The minimum atomic E-state index is -4.46. The molecule has 1 heterocycles. The van der Waals surface area contributed by atoms with Crippen LogP contribution in [0.15, 0.2) is 46.7 Å². The number of halogens is 3. The highest BCUT2D eigenvalue weighted by molar-refractivity contribution is 7.90. The Morgan fingerprint density at radius 1 is 1.05 bits per heavy atom. The first kappa shape index (κ1) is 14.1. The Morgan fingerprint density at radius 2 is 1.68 bits per heavy atom. The maximum absolute atomic E-state index is 12.4. The highest BCUT2D eigenvalue weighted by Gasteiger charge is 2.30. The summed E-state index contributed by atoms with van der Waals surface area (Å²) in [6.07, 6.45) is -4.46. The Morgan fingerprint density at radius 3 is 2.16 bits per heavy atom. The summed E-state index contributed by atoms with van der Waals surface area (Å²) < 4.78 is 61.1. The zero-order valence-corrected chi connectivity index (χ0v) is 11.1. The van der Waals surface area contributed by atoms with Crippen molar-refractivity contribution in [1.82, 2.24) is 0 Å². The fraction of sp³-hybridized carbons (Fsp3) is 0.167. The van der Waals surface area contributed by atoms with Gasteiger partial charge in [0.1, 0.15) is 0 Å². The summed E-state index contributed by atoms with van der Waals surface area (Å²) in [6, 6.07) is 6.94. The summed E-state index contributed by atoms with van der Waals surface area (Å²) in [4.78, 5) is 0.550. The molecule has 0 aliphatic heterocycles. The molecule has 0 aliphatic rings. The van der Waals surface area contributed by atoms with Gasteiger partial charge in [-0.3, -0.25) is 0 Å². The molecule has 0 amide bonds. The van der Waals surface area contributed by atoms with Gasteiger partial charge in [0.05, 0.1) is 16.2 Å². The van der Waals surface area contributed by atoms with E-state index in [1.807, 2.05) is 0 Å². The van der Waals surface area contributed by atoms with E-state index >= 15 is 0 Å². The summed E-state index contributed by atoms with van der Waals surface area (Å²) in [7, 11) is -3.60. The van der Waals surface area contributed by atoms with Crippen molar-refractivity contribution in [2.75, 3.05) is 0 Å². The van der Waals surface area contributed by atoms with E-state index in [2.05, 4.69) is 0 Å². The molecule has 19 heavy (non-hydrogen) atoms. The zero-order valence-electron chi connectivity index (χ0n) is 9.52. The first-order valence-corrected chi connectivity index (χ1v) is 7.75. The largest absolute Gasteiger partial charge is 0.416 e. The van der Waals surface area contributed by atoms with E-state index < -0.39 is 21.6 Å². The molecule has 0 radical (unpaired) electrons. The minimum Gasteiger partial charge on any atom is -0.223 e. The fourth-order valence-corrected chi connectivity index (χ4v) is 3.93. The lowest BCUT2D eigenvalue weighted by molar-refractivity contribution is -0.137. The number of hydrogen-bond acceptors (Lipinski definition) is 3. The summed E-state index contributed by atoms with van der Waals surface area (Å²) >= 11 is 1.29. The van der Waals surface area contributed by atoms with Crippen LogP contribution in [0.1, 0.15) is 10.4 Å². The summed E-state index contributed by atoms with van der Waals surface area (Å²) in [5.41, 5.74) is -0.859. The molecule has 0 bridgehead atoms. The third-order valence-corrected chi connectivity index (χ3v) is 5.19. The van der Waals surface area contributed by atoms with Crippen molar-refractivity contribution < 1.29 is 21.6 Å². The average Bonchev–Trinajstić information content (AvgIpc) is 2.80. The molecule has 0 saturated heterocycles. The topological polar surface area (TPSA) is 34.1 Å². The number of sulfone groups is 1. The molecule has 7 heteroatoms. The lowest BCUT2D eigenvalue weighted by Gasteiger charge is -2.08. The number of thiophene rings is 1. The van der Waals surface area contributed by atoms with Crippen molar-refractivity contribution in [3.63, 3.8) is 0 Å². The van der Waals surface area contributed by atoms with Crippen LogP contribution in [0.4, 0.5) is 13.2 Å². The lowest BCUT2D eigenvalue weighted by atomic mass is 10.2. The molecule has 0 N–H and O–H groups in total. The second-order valence-electron chi connectivity index (χ2n) is 3.86. The second kappa shape index (κ2) is 4.97. The molecule has 0 fully saturated rings. The van der Waals surface area contributed by atoms with Crippen molar-refractivity contribution in [1.29, 1.82) is 0 Å². The van der Waals surface area contributed by atoms with Gasteiger partial charge in [0.25, 0.3) is 0 Å². The molecule has 0 spiro atoms. The van der Waals surface area contributed by atoms with Crippen LogP contribution in [-0.2, 0) is 21.8 Å². The molecule has 1 aromatic carbocycles. The molecule has 2 nitrogen and oxygen atoms in total. The van der Waals surface area contributed by atoms with Crippen LogP contribution < -0.4 is 0 Å². The predicted molar refractivity (Wildman–Crippen MR) is 66.7 cm³/mol. The summed E-state index contributed by atoms with van der Waals surface area (Å²) in [6.45, 7) is 0. The first-order chi connectivity index (χ1) is 8.79. The molecule has 1 aromatic heterocycles. The highest BCUT2D eigenvalue weighted by atomic mass is 32.2. The fourth-order valence-electron chi connectivity index (χ4n) is 1.52. The number of hydrogen-bond donors (Lipinski definition) is 0. The molecular formula is C12H9F3O2S2. The van der Waals surface area contributed by atoms with E-state index in [0.717, 1.165) is 24.3 Å². The van der Waals surface area contributed by atoms with Crippen LogP contribution in [0.2, 0.25) is 0 Å². The Hall–Kier alpha value is -1.34. The van der Waals surface area contributed by atoms with Gasteiger partial charge in [-0.05, 0) is 35.7 Å². The maximum atomic E-state index is 12.4. The molecular weight excluding hydrogens is 297 g/mol. The van der Waals surface area contributed by atoms with Gasteiger partial charge >= 0.3 is 6.18 Å². The number of rotatable bonds is 3. The van der Waals surface area contributed by atoms with E-state index in [9.17, 15) is 21.6 Å². The minimum absolute atomic E-state index is 0.103. The predicted octanol–water partition coefficient (Wildman–Crippen LogP) is 3.74. The van der Waals surface area contributed by atoms with Crippen molar-refractivity contribution in [2.45, 2.75) is 16.8 Å². The van der Waals surface area contributed by atoms with Crippen molar-refractivity contribution in [3.05, 3.63) is 52.2 Å². The van der Waals surface area contributed by atoms with Crippen LogP contribution in [0.5, 0.6) is 0 Å². The average molecular weight is 306 g/mol. The molecule has 0 unspecified atom stereocenters. The summed E-state index contributed by atoms with van der Waals surface area (Å²) in [5.74, 6) is -0.198. The van der Waals surface area contributed by atoms with Crippen LogP contribution in [0.3, 0.4) is 0 Å². The van der Waals surface area contributed by atoms with Crippen LogP contribution in [0.25, 0.3) is 0 Å². The molecule has 102 valence electrons. The lowest BCUT2D eigenvalue weighted by Crippen LogP contribution is -2.07. The standard InChI is InChI=1S/C12H9F3O2S2/c13-12(14,15)9-3-5-11(6-4-9)19(16,17)8-10-2-1-7-18-10/h1-7H,8H2. The SMILES string of the molecule is O=S(=O)(Cc1cccs1)c1ccc(C(F)(F)F)cc1. The van der Waals surface area contributed by atoms with Crippen LogP contribution in [0, 0.1) is 0 Å². The van der Waals surface area contributed by atoms with Gasteiger partial charge in [0, 0.05) is 4.88 Å². The highest BCUT2D eigenvalue weighted by Crippen LogP contribution is 2.30. The Bertz CT molecular complexity index is 641. The van der Waals surface area contributed by atoms with Gasteiger partial charge < -0.3 is 0 Å². The van der Waals surface area contributed by atoms with Gasteiger partial charge in [0.2, 0.25) is 0 Å². The van der Waals surface area contributed by atoms with Gasteiger partial charge in [-0.2, -0.15) is 13.2 Å². The van der Waals surface area contributed by atoms with E-state index in [4.69, 9.17) is 0 Å². The van der Waals surface area contributed by atoms with Crippen molar-refractivity contribution in [3.8, 4) is 0 Å². The number of alkyl halides is 3. The summed E-state index contributed by atoms with van der Waals surface area (Å²) in [5, 5.41) is 1.75. The smallest absolute Gasteiger partial charge is 0.223 e. The Labute approximate surface area is 112 Å². The van der Waals surface area contributed by atoms with Crippen LogP contribution >= 0.6 is 11.3 Å². The van der Waals surface area contributed by atoms with Crippen molar-refractivity contribution >= 4 is 21.2 Å². The monoisotopic (exact) mass is 306 g/mol. The number of benzene rings is 1. The van der Waals surface area contributed by atoms with Crippen molar-refractivity contribution in [2.24, 2.45) is 0 Å². The molecule has 0 saturated carbocycles. The van der Waals surface area contributed by atoms with E-state index in [1.165, 1.54) is 11.3 Å². The second-order valence-corrected chi connectivity index (χ2v) is 6.88. The molecule has 0 aliphatic carbocycles. The van der Waals surface area contributed by atoms with Crippen LogP contribution in [-0.4, -0.2) is 8.42 Å².